The molecule has 1 unspecified atom stereocenters. The molecule has 1 aliphatic carbocycles. The number of carbonyl (C=O) groups excluding carboxylic acids is 10. The van der Waals surface area contributed by atoms with E-state index < -0.39 is 113 Å². The molecule has 4 aromatic carbocycles. The largest absolute Gasteiger partial charge is 0.346 e. The molecule has 11 atom stereocenters. The van der Waals surface area contributed by atoms with Crippen LogP contribution in [0.15, 0.2) is 84.9 Å². The molecule has 0 aromatic heterocycles. The van der Waals surface area contributed by atoms with Gasteiger partial charge in [-0.25, -0.2) is 0 Å². The highest BCUT2D eigenvalue weighted by Crippen LogP contribution is 2.48. The fourth-order valence-electron chi connectivity index (χ4n) is 13.0. The Balaban J connectivity index is 0.957. The van der Waals surface area contributed by atoms with Crippen molar-refractivity contribution in [2.75, 3.05) is 43.9 Å². The third-order valence-corrected chi connectivity index (χ3v) is 18.0. The van der Waals surface area contributed by atoms with Crippen LogP contribution in [-0.2, 0) is 47.9 Å². The normalized spacial score (nSPS) is 22.9. The number of hydrogen-bond acceptors (Lipinski definition) is 11. The van der Waals surface area contributed by atoms with E-state index in [2.05, 4.69) is 26.6 Å². The first-order chi connectivity index (χ1) is 38.8. The Morgan fingerprint density at radius 1 is 0.622 bits per heavy atom. The Labute approximate surface area is 481 Å². The molecule has 3 aliphatic heterocycles. The van der Waals surface area contributed by atoms with E-state index in [0.29, 0.717) is 37.1 Å². The fourth-order valence-corrected chi connectivity index (χ4v) is 13.0. The van der Waals surface area contributed by atoms with Gasteiger partial charge in [-0.05, 0) is 73.4 Å². The summed E-state index contributed by atoms with van der Waals surface area (Å²) in [6, 6.07) is 23.1. The molecule has 4 fully saturated rings. The Kier molecular flexibility index (Phi) is 18.5. The number of fused-ring (bicyclic) bond motifs is 4. The number of carbonyl (C=O) groups is 10. The van der Waals surface area contributed by atoms with Crippen LogP contribution in [0, 0.1) is 46.3 Å². The molecule has 0 radical (unpaired) electrons. The lowest BCUT2D eigenvalue weighted by molar-refractivity contribution is -0.144. The summed E-state index contributed by atoms with van der Waals surface area (Å²) in [7, 11) is 1.68. The van der Waals surface area contributed by atoms with Gasteiger partial charge in [0.2, 0.25) is 41.2 Å². The van der Waals surface area contributed by atoms with E-state index in [0.717, 1.165) is 21.5 Å². The standard InChI is InChI=1S/C64H82N8O10/c1-11-36(2)58(78)69-57(64(7,8)9)56(77)42-26-27-48-54(42)43(59(79)67-46-24-16-20-38-18-12-14-22-40(38)46)34-71(48)52(75)29-28-50(73)61(81)66-33-53(76)72-35-44(60(80)68-47-25-17-21-39-19-13-15-23-41(39)47)55-49(72)30-31-70(55)62(82)45(63(4,5)6)32-51(74)37(3)65-10/h12-25,36-37,42-45,48-49,54-55,57,65H,11,26-35H2,1-10H3,(H,66,81)(H,67,79)(H,68,80)(H,69,78)/t36-,37+,42?,43+,44+,45-,48-,49-,54-,55-,57-/m1/s1. The number of nitrogens with one attached hydrogen (secondary N) is 5. The van der Waals surface area contributed by atoms with Crippen LogP contribution in [0.2, 0.25) is 0 Å². The molecule has 1 saturated carbocycles. The van der Waals surface area contributed by atoms with Gasteiger partial charge in [0.05, 0.1) is 42.5 Å². The minimum absolute atomic E-state index is 0.0248. The maximum atomic E-state index is 14.8. The minimum Gasteiger partial charge on any atom is -0.346 e. The van der Waals surface area contributed by atoms with Gasteiger partial charge < -0.3 is 41.3 Å². The topological polar surface area (TPSA) is 241 Å². The molecule has 3 saturated heterocycles. The van der Waals surface area contributed by atoms with Crippen LogP contribution in [-0.4, -0.2) is 137 Å². The predicted octanol–water partition coefficient (Wildman–Crippen LogP) is 6.69. The van der Waals surface area contributed by atoms with Gasteiger partial charge in [0.15, 0.2) is 5.78 Å². The molecule has 4 aromatic rings. The summed E-state index contributed by atoms with van der Waals surface area (Å²) >= 11 is 0. The molecule has 18 heteroatoms. The number of likely N-dealkylation sites (tertiary alicyclic amines) is 3. The van der Waals surface area contributed by atoms with E-state index >= 15 is 0 Å². The summed E-state index contributed by atoms with van der Waals surface area (Å²) in [5, 5.41) is 18.1. The van der Waals surface area contributed by atoms with Crippen LogP contribution < -0.4 is 26.6 Å². The van der Waals surface area contributed by atoms with Crippen LogP contribution in [0.25, 0.3) is 21.5 Å². The summed E-state index contributed by atoms with van der Waals surface area (Å²) in [6.07, 6.45) is 0.788. The first kappa shape index (κ1) is 60.7. The number of anilines is 2. The summed E-state index contributed by atoms with van der Waals surface area (Å²) in [5.41, 5.74) is -0.163. The Bertz CT molecular complexity index is 2930. The van der Waals surface area contributed by atoms with E-state index in [1.807, 2.05) is 121 Å². The zero-order valence-corrected chi connectivity index (χ0v) is 49.1. The second-order valence-electron chi connectivity index (χ2n) is 25.3. The second kappa shape index (κ2) is 25.0. The highest BCUT2D eigenvalue weighted by atomic mass is 16.2. The lowest BCUT2D eigenvalue weighted by atomic mass is 9.74. The summed E-state index contributed by atoms with van der Waals surface area (Å²) in [4.78, 5) is 146. The number of Topliss-reactive ketones (excluding diaryl/α,β-unsaturated/α-hetero) is 3. The monoisotopic (exact) mass is 1120 g/mol. The van der Waals surface area contributed by atoms with Crippen molar-refractivity contribution in [3.63, 3.8) is 0 Å². The number of likely N-dealkylation sites (N-methyl/N-ethyl adjacent to an activating group) is 1. The highest BCUT2D eigenvalue weighted by Gasteiger charge is 2.58. The average molecular weight is 1120 g/mol. The molecule has 0 bridgehead atoms. The third-order valence-electron chi connectivity index (χ3n) is 18.0. The van der Waals surface area contributed by atoms with Gasteiger partial charge in [-0.2, -0.15) is 0 Å². The van der Waals surface area contributed by atoms with Gasteiger partial charge in [0, 0.05) is 90.8 Å². The van der Waals surface area contributed by atoms with E-state index in [1.165, 1.54) is 4.90 Å². The zero-order chi connectivity index (χ0) is 59.5. The predicted molar refractivity (Wildman–Crippen MR) is 314 cm³/mol. The van der Waals surface area contributed by atoms with Crippen LogP contribution in [0.4, 0.5) is 11.4 Å². The van der Waals surface area contributed by atoms with Gasteiger partial charge in [0.25, 0.3) is 5.91 Å². The number of ketones is 3. The Morgan fingerprint density at radius 3 is 1.76 bits per heavy atom. The van der Waals surface area contributed by atoms with Crippen molar-refractivity contribution in [1.82, 2.24) is 30.7 Å². The van der Waals surface area contributed by atoms with Crippen molar-refractivity contribution in [2.45, 2.75) is 137 Å². The smallest absolute Gasteiger partial charge is 0.287 e. The van der Waals surface area contributed by atoms with Gasteiger partial charge in [-0.15, -0.1) is 0 Å². The van der Waals surface area contributed by atoms with Gasteiger partial charge in [-0.3, -0.25) is 47.9 Å². The molecule has 18 nitrogen and oxygen atoms in total. The lowest BCUT2D eigenvalue weighted by Crippen LogP contribution is -2.53. The molecular weight excluding hydrogens is 1040 g/mol. The molecule has 5 N–H and O–H groups in total. The van der Waals surface area contributed by atoms with Crippen LogP contribution in [0.5, 0.6) is 0 Å². The molecule has 7 amide bonds. The molecule has 82 heavy (non-hydrogen) atoms. The van der Waals surface area contributed by atoms with E-state index in [4.69, 9.17) is 0 Å². The van der Waals surface area contributed by atoms with E-state index in [9.17, 15) is 47.9 Å². The van der Waals surface area contributed by atoms with Crippen molar-refractivity contribution in [3.8, 4) is 0 Å². The average Bonchev–Trinajstić information content (AvgIpc) is 4.24. The van der Waals surface area contributed by atoms with Crippen LogP contribution >= 0.6 is 0 Å². The molecule has 8 rings (SSSR count). The van der Waals surface area contributed by atoms with Crippen LogP contribution in [0.1, 0.15) is 107 Å². The van der Waals surface area contributed by atoms with Crippen molar-refractivity contribution in [3.05, 3.63) is 84.9 Å². The summed E-state index contributed by atoms with van der Waals surface area (Å²) < 4.78 is 0. The van der Waals surface area contributed by atoms with E-state index in [-0.39, 0.29) is 67.7 Å². The van der Waals surface area contributed by atoms with Crippen molar-refractivity contribution in [2.24, 2.45) is 46.3 Å². The summed E-state index contributed by atoms with van der Waals surface area (Å²) in [5.74, 6) is -8.72. The number of nitrogens with zero attached hydrogens (tertiary/aromatic N) is 3. The van der Waals surface area contributed by atoms with Crippen molar-refractivity contribution in [1.29, 1.82) is 0 Å². The minimum atomic E-state index is -1.08. The lowest BCUT2D eigenvalue weighted by Gasteiger charge is -2.36. The zero-order valence-electron chi connectivity index (χ0n) is 49.1. The van der Waals surface area contributed by atoms with Crippen molar-refractivity contribution < 1.29 is 47.9 Å². The fraction of sp³-hybridized carbons (Fsp3) is 0.531. The van der Waals surface area contributed by atoms with Crippen molar-refractivity contribution >= 4 is 91.6 Å². The first-order valence-electron chi connectivity index (χ1n) is 29.2. The number of hydrogen-bond donors (Lipinski definition) is 5. The van der Waals surface area contributed by atoms with Gasteiger partial charge in [0.1, 0.15) is 5.78 Å². The first-order valence-corrected chi connectivity index (χ1v) is 29.2. The summed E-state index contributed by atoms with van der Waals surface area (Å²) in [6.45, 7) is 16.3. The third kappa shape index (κ3) is 12.8. The molecule has 438 valence electrons. The SMILES string of the molecule is CC[C@@H](C)C(=O)N[C@H](C(=O)C1CC[C@@H]2[C@H]1[C@@H](C(=O)Nc1cccc3ccccc13)CN2C(=O)CCC(=O)C(=O)NCC(=O)N1C[C@H](C(=O)Nc2cccc3ccccc23)[C@@H]2[C@H]1CCN2C(=O)[C@@H](CC(=O)[C@H](C)NC)C(C)(C)C)C(C)(C)C. The number of benzene rings is 4. The van der Waals surface area contributed by atoms with Crippen LogP contribution in [0.3, 0.4) is 0 Å². The molecule has 4 aliphatic rings. The Morgan fingerprint density at radius 2 is 1.18 bits per heavy atom. The van der Waals surface area contributed by atoms with Gasteiger partial charge >= 0.3 is 0 Å². The number of rotatable bonds is 20. The number of amides is 7. The molecular formula is C64H82N8O10. The highest BCUT2D eigenvalue weighted by molar-refractivity contribution is 6.36. The molecule has 3 heterocycles. The quantitative estimate of drug-likeness (QED) is 0.0584. The maximum absolute atomic E-state index is 14.8. The molecule has 0 spiro atoms. The van der Waals surface area contributed by atoms with Gasteiger partial charge in [-0.1, -0.05) is 128 Å². The maximum Gasteiger partial charge on any atom is 0.287 e. The Hall–Kier alpha value is -7.34. The van der Waals surface area contributed by atoms with E-state index in [1.54, 1.807) is 42.8 Å². The second-order valence-corrected chi connectivity index (χ2v) is 25.3.